The van der Waals surface area contributed by atoms with E-state index < -0.39 is 5.97 Å². The van der Waals surface area contributed by atoms with Crippen molar-refractivity contribution < 1.29 is 9.90 Å². The lowest BCUT2D eigenvalue weighted by Gasteiger charge is -1.97. The van der Waals surface area contributed by atoms with Gasteiger partial charge in [0.15, 0.2) is 0 Å². The minimum Gasteiger partial charge on any atom is -0.478 e. The van der Waals surface area contributed by atoms with Crippen molar-refractivity contribution in [1.82, 2.24) is 0 Å². The van der Waals surface area contributed by atoms with Gasteiger partial charge in [-0.1, -0.05) is 104 Å². The summed E-state index contributed by atoms with van der Waals surface area (Å²) in [5.74, 6) is -0.861. The molecule has 27 heavy (non-hydrogen) atoms. The van der Waals surface area contributed by atoms with Crippen molar-refractivity contribution in [3.05, 3.63) is 70.8 Å². The molecule has 154 valence electrons. The fourth-order valence-corrected chi connectivity index (χ4v) is 1.75. The lowest BCUT2D eigenvalue weighted by Crippen LogP contribution is -1.96. The number of hydrogen-bond donors (Lipinski definition) is 1. The first-order chi connectivity index (χ1) is 13.0. The van der Waals surface area contributed by atoms with E-state index in [-0.39, 0.29) is 0 Å². The van der Waals surface area contributed by atoms with Crippen LogP contribution >= 0.6 is 0 Å². The standard InChI is InChI=1S/C9H10O2.C9H12.C3H8.2C2H6/c1-2-7-4-3-5-8(6-7)9(10)11;1-3-9-6-4-8(2)5-7-9;1-3-2;2*1-2/h3-6H,2H2,1H3,(H,10,11);4-7H,3H2,1-2H3;3H2,1-2H3;2*1-2H3. The number of hydrogen-bond acceptors (Lipinski definition) is 1. The summed E-state index contributed by atoms with van der Waals surface area (Å²) in [6.07, 6.45) is 3.27. The monoisotopic (exact) mass is 374 g/mol. The average Bonchev–Trinajstić information content (AvgIpc) is 2.72. The Kier molecular flexibility index (Phi) is 24.1. The van der Waals surface area contributed by atoms with Crippen LogP contribution in [0.25, 0.3) is 0 Å². The van der Waals surface area contributed by atoms with Crippen LogP contribution in [0, 0.1) is 6.92 Å². The lowest BCUT2D eigenvalue weighted by molar-refractivity contribution is 0.0696. The molecule has 1 N–H and O–H groups in total. The molecule has 0 fully saturated rings. The summed E-state index contributed by atoms with van der Waals surface area (Å²) >= 11 is 0. The van der Waals surface area contributed by atoms with Crippen molar-refractivity contribution >= 4 is 5.97 Å². The fourth-order valence-electron chi connectivity index (χ4n) is 1.75. The summed E-state index contributed by atoms with van der Waals surface area (Å²) in [5.41, 5.74) is 4.18. The van der Waals surface area contributed by atoms with Crippen LogP contribution in [0.2, 0.25) is 0 Å². The second-order valence-corrected chi connectivity index (χ2v) is 5.41. The number of aryl methyl sites for hydroxylation is 3. The Morgan fingerprint density at radius 3 is 1.59 bits per heavy atom. The zero-order valence-corrected chi connectivity index (χ0v) is 19.1. The minimum atomic E-state index is -0.861. The Morgan fingerprint density at radius 2 is 1.22 bits per heavy atom. The molecule has 0 aliphatic rings. The second-order valence-electron chi connectivity index (χ2n) is 5.41. The molecule has 0 amide bonds. The van der Waals surface area contributed by atoms with Crippen LogP contribution < -0.4 is 0 Å². The van der Waals surface area contributed by atoms with Gasteiger partial charge >= 0.3 is 5.97 Å². The predicted molar refractivity (Wildman–Crippen MR) is 122 cm³/mol. The van der Waals surface area contributed by atoms with Crippen LogP contribution in [-0.4, -0.2) is 11.1 Å². The van der Waals surface area contributed by atoms with Gasteiger partial charge in [0, 0.05) is 0 Å². The quantitative estimate of drug-likeness (QED) is 0.591. The molecule has 2 aromatic carbocycles. The topological polar surface area (TPSA) is 37.3 Å². The van der Waals surface area contributed by atoms with Crippen LogP contribution in [-0.2, 0) is 12.8 Å². The summed E-state index contributed by atoms with van der Waals surface area (Å²) in [5, 5.41) is 8.60. The highest BCUT2D eigenvalue weighted by Crippen LogP contribution is 2.05. The number of carboxylic acid groups (broad SMARTS) is 1. The zero-order chi connectivity index (χ0) is 21.7. The number of rotatable bonds is 3. The van der Waals surface area contributed by atoms with Gasteiger partial charge in [-0.3, -0.25) is 0 Å². The molecule has 2 aromatic rings. The maximum absolute atomic E-state index is 10.5. The van der Waals surface area contributed by atoms with Crippen molar-refractivity contribution in [2.24, 2.45) is 0 Å². The largest absolute Gasteiger partial charge is 0.478 e. The van der Waals surface area contributed by atoms with Crippen LogP contribution in [0.15, 0.2) is 48.5 Å². The van der Waals surface area contributed by atoms with E-state index in [1.54, 1.807) is 18.2 Å². The lowest BCUT2D eigenvalue weighted by atomic mass is 10.1. The average molecular weight is 375 g/mol. The maximum atomic E-state index is 10.5. The number of carbonyl (C=O) groups is 1. The first kappa shape index (κ1) is 29.7. The SMILES string of the molecule is CC.CC.CCC.CCc1ccc(C)cc1.CCc1cccc(C(=O)O)c1. The molecule has 2 nitrogen and oxygen atoms in total. The molecule has 0 saturated carbocycles. The molecule has 0 unspecified atom stereocenters. The van der Waals surface area contributed by atoms with E-state index in [9.17, 15) is 4.79 Å². The first-order valence-corrected chi connectivity index (χ1v) is 10.4. The van der Waals surface area contributed by atoms with E-state index in [0.717, 1.165) is 18.4 Å². The number of aromatic carboxylic acids is 1. The van der Waals surface area contributed by atoms with Gasteiger partial charge in [-0.15, -0.1) is 0 Å². The predicted octanol–water partition coefficient (Wildman–Crippen LogP) is 7.97. The number of benzene rings is 2. The third-order valence-electron chi connectivity index (χ3n) is 3.11. The van der Waals surface area contributed by atoms with E-state index in [2.05, 4.69) is 52.0 Å². The minimum absolute atomic E-state index is 0.365. The van der Waals surface area contributed by atoms with Gasteiger partial charge in [0.25, 0.3) is 0 Å². The van der Waals surface area contributed by atoms with Crippen molar-refractivity contribution in [1.29, 1.82) is 0 Å². The smallest absolute Gasteiger partial charge is 0.335 e. The molecule has 0 aliphatic heterocycles. The molecule has 0 radical (unpaired) electrons. The van der Waals surface area contributed by atoms with Crippen LogP contribution in [0.3, 0.4) is 0 Å². The first-order valence-electron chi connectivity index (χ1n) is 10.4. The van der Waals surface area contributed by atoms with Gasteiger partial charge in [-0.2, -0.15) is 0 Å². The molecule has 0 aliphatic carbocycles. The van der Waals surface area contributed by atoms with Crippen molar-refractivity contribution in [3.63, 3.8) is 0 Å². The fraction of sp³-hybridized carbons (Fsp3) is 0.480. The summed E-state index contributed by atoms with van der Waals surface area (Å²) in [6, 6.07) is 15.6. The Labute approximate surface area is 168 Å². The molecule has 2 heteroatoms. The Balaban J connectivity index is -0.000000324. The van der Waals surface area contributed by atoms with Gasteiger partial charge in [0.05, 0.1) is 5.56 Å². The molecule has 0 saturated heterocycles. The molecular formula is C25H42O2. The summed E-state index contributed by atoms with van der Waals surface area (Å²) in [6.45, 7) is 18.5. The van der Waals surface area contributed by atoms with E-state index in [1.165, 1.54) is 17.5 Å². The normalized spacial score (nSPS) is 8.19. The summed E-state index contributed by atoms with van der Waals surface area (Å²) < 4.78 is 0. The molecule has 0 heterocycles. The molecule has 0 atom stereocenters. The van der Waals surface area contributed by atoms with Crippen molar-refractivity contribution in [2.45, 2.75) is 81.6 Å². The Bertz CT molecular complexity index is 557. The molecular weight excluding hydrogens is 332 g/mol. The van der Waals surface area contributed by atoms with E-state index in [1.807, 2.05) is 40.7 Å². The summed E-state index contributed by atoms with van der Waals surface area (Å²) in [4.78, 5) is 10.5. The molecule has 0 spiro atoms. The molecule has 0 aromatic heterocycles. The highest BCUT2D eigenvalue weighted by Gasteiger charge is 2.00. The van der Waals surface area contributed by atoms with Gasteiger partial charge < -0.3 is 5.11 Å². The van der Waals surface area contributed by atoms with Crippen molar-refractivity contribution in [2.75, 3.05) is 0 Å². The highest BCUT2D eigenvalue weighted by atomic mass is 16.4. The summed E-state index contributed by atoms with van der Waals surface area (Å²) in [7, 11) is 0. The van der Waals surface area contributed by atoms with Gasteiger partial charge in [0.1, 0.15) is 0 Å². The molecule has 2 rings (SSSR count). The number of carboxylic acids is 1. The van der Waals surface area contributed by atoms with E-state index in [4.69, 9.17) is 5.11 Å². The third kappa shape index (κ3) is 17.1. The Hall–Kier alpha value is -2.09. The maximum Gasteiger partial charge on any atom is 0.335 e. The zero-order valence-electron chi connectivity index (χ0n) is 19.1. The van der Waals surface area contributed by atoms with Gasteiger partial charge in [-0.05, 0) is 43.0 Å². The molecule has 0 bridgehead atoms. The second kappa shape index (κ2) is 22.0. The Morgan fingerprint density at radius 1 is 0.778 bits per heavy atom. The van der Waals surface area contributed by atoms with Gasteiger partial charge in [0.2, 0.25) is 0 Å². The van der Waals surface area contributed by atoms with Crippen LogP contribution in [0.4, 0.5) is 0 Å². The van der Waals surface area contributed by atoms with Gasteiger partial charge in [-0.25, -0.2) is 4.79 Å². The highest BCUT2D eigenvalue weighted by molar-refractivity contribution is 5.87. The van der Waals surface area contributed by atoms with E-state index in [0.29, 0.717) is 5.56 Å². The van der Waals surface area contributed by atoms with Crippen LogP contribution in [0.1, 0.15) is 88.9 Å². The van der Waals surface area contributed by atoms with Crippen molar-refractivity contribution in [3.8, 4) is 0 Å². The van der Waals surface area contributed by atoms with Crippen LogP contribution in [0.5, 0.6) is 0 Å². The third-order valence-corrected chi connectivity index (χ3v) is 3.11. The van der Waals surface area contributed by atoms with E-state index >= 15 is 0 Å².